The van der Waals surface area contributed by atoms with E-state index in [2.05, 4.69) is 15.5 Å². The summed E-state index contributed by atoms with van der Waals surface area (Å²) in [5.74, 6) is 2.64. The van der Waals surface area contributed by atoms with E-state index in [-0.39, 0.29) is 18.3 Å². The summed E-state index contributed by atoms with van der Waals surface area (Å²) < 4.78 is 0. The second-order valence-electron chi connectivity index (χ2n) is 5.95. The fourth-order valence-corrected chi connectivity index (χ4v) is 3.09. The number of hydrogen-bond acceptors (Lipinski definition) is 3. The van der Waals surface area contributed by atoms with Gasteiger partial charge in [0.1, 0.15) is 0 Å². The molecule has 2 atom stereocenters. The molecule has 2 heterocycles. The van der Waals surface area contributed by atoms with E-state index in [1.807, 2.05) is 0 Å². The number of amides is 1. The summed E-state index contributed by atoms with van der Waals surface area (Å²) in [6.45, 7) is 6.04. The van der Waals surface area contributed by atoms with E-state index >= 15 is 0 Å². The Labute approximate surface area is 115 Å². The molecule has 18 heavy (non-hydrogen) atoms. The predicted molar refractivity (Wildman–Crippen MR) is 73.9 cm³/mol. The van der Waals surface area contributed by atoms with Gasteiger partial charge in [0, 0.05) is 13.1 Å². The van der Waals surface area contributed by atoms with Crippen LogP contribution >= 0.6 is 12.4 Å². The second kappa shape index (κ2) is 6.22. The second-order valence-corrected chi connectivity index (χ2v) is 5.95. The normalized spacial score (nSPS) is 31.6. The largest absolute Gasteiger partial charge is 0.355 e. The molecule has 1 amide bonds. The van der Waals surface area contributed by atoms with Crippen molar-refractivity contribution in [2.75, 3.05) is 39.3 Å². The molecule has 0 bridgehead atoms. The minimum atomic E-state index is 0. The van der Waals surface area contributed by atoms with Crippen molar-refractivity contribution in [3.05, 3.63) is 0 Å². The number of carbonyl (C=O) groups is 1. The fraction of sp³-hybridized carbons (Fsp3) is 0.923. The van der Waals surface area contributed by atoms with Gasteiger partial charge in [0.05, 0.1) is 6.54 Å². The molecule has 1 saturated carbocycles. The highest BCUT2D eigenvalue weighted by Crippen LogP contribution is 2.28. The minimum absolute atomic E-state index is 0. The number of piperidine rings is 1. The van der Waals surface area contributed by atoms with Crippen LogP contribution in [0.2, 0.25) is 0 Å². The van der Waals surface area contributed by atoms with Gasteiger partial charge in [0.2, 0.25) is 5.91 Å². The van der Waals surface area contributed by atoms with E-state index in [1.54, 1.807) is 0 Å². The Morgan fingerprint density at radius 3 is 2.78 bits per heavy atom. The highest BCUT2D eigenvalue weighted by molar-refractivity contribution is 5.85. The minimum Gasteiger partial charge on any atom is -0.355 e. The molecule has 0 aromatic rings. The third-order valence-corrected chi connectivity index (χ3v) is 4.44. The van der Waals surface area contributed by atoms with Crippen LogP contribution in [0.5, 0.6) is 0 Å². The van der Waals surface area contributed by atoms with E-state index in [0.29, 0.717) is 6.54 Å². The summed E-state index contributed by atoms with van der Waals surface area (Å²) in [6, 6.07) is 0. The van der Waals surface area contributed by atoms with E-state index in [0.717, 1.165) is 43.9 Å². The molecule has 2 N–H and O–H groups in total. The van der Waals surface area contributed by atoms with Crippen LogP contribution in [0.4, 0.5) is 0 Å². The third kappa shape index (κ3) is 3.59. The molecule has 3 rings (SSSR count). The van der Waals surface area contributed by atoms with Crippen LogP contribution in [-0.4, -0.2) is 50.1 Å². The van der Waals surface area contributed by atoms with Gasteiger partial charge >= 0.3 is 0 Å². The van der Waals surface area contributed by atoms with Crippen molar-refractivity contribution < 1.29 is 4.79 Å². The quantitative estimate of drug-likeness (QED) is 0.783. The lowest BCUT2D eigenvalue weighted by Gasteiger charge is -2.33. The van der Waals surface area contributed by atoms with Crippen LogP contribution in [0.3, 0.4) is 0 Å². The molecule has 1 aliphatic carbocycles. The van der Waals surface area contributed by atoms with Gasteiger partial charge in [0.25, 0.3) is 0 Å². The molecule has 2 unspecified atom stereocenters. The molecule has 4 nitrogen and oxygen atoms in total. The predicted octanol–water partition coefficient (Wildman–Crippen LogP) is 0.476. The summed E-state index contributed by atoms with van der Waals surface area (Å²) in [5, 5.41) is 6.51. The first-order valence-electron chi connectivity index (χ1n) is 7.01. The summed E-state index contributed by atoms with van der Waals surface area (Å²) >= 11 is 0. The summed E-state index contributed by atoms with van der Waals surface area (Å²) in [5.41, 5.74) is 0. The Hall–Kier alpha value is -0.320. The van der Waals surface area contributed by atoms with Gasteiger partial charge in [-0.25, -0.2) is 0 Å². The highest BCUT2D eigenvalue weighted by atomic mass is 35.5. The van der Waals surface area contributed by atoms with Crippen LogP contribution in [0.1, 0.15) is 19.3 Å². The molecule has 5 heteroatoms. The van der Waals surface area contributed by atoms with E-state index < -0.39 is 0 Å². The average Bonchev–Trinajstić information content (AvgIpc) is 3.04. The van der Waals surface area contributed by atoms with Gasteiger partial charge in [-0.15, -0.1) is 12.4 Å². The zero-order valence-corrected chi connectivity index (χ0v) is 11.7. The van der Waals surface area contributed by atoms with Gasteiger partial charge in [-0.3, -0.25) is 9.69 Å². The molecule has 2 saturated heterocycles. The van der Waals surface area contributed by atoms with Crippen molar-refractivity contribution in [3.63, 3.8) is 0 Å². The molecule has 0 aromatic heterocycles. The summed E-state index contributed by atoms with van der Waals surface area (Å²) in [4.78, 5) is 14.1. The number of carbonyl (C=O) groups excluding carboxylic acids is 1. The Morgan fingerprint density at radius 1 is 1.22 bits per heavy atom. The standard InChI is InChI=1S/C13H23N3O.ClH/c17-13(15-5-10-1-2-10)9-16-4-3-11-6-14-7-12(11)8-16;/h10-12,14H,1-9H2,(H,15,17);1H. The molecule has 0 aromatic carbocycles. The lowest BCUT2D eigenvalue weighted by molar-refractivity contribution is -0.122. The van der Waals surface area contributed by atoms with Crippen LogP contribution < -0.4 is 10.6 Å². The van der Waals surface area contributed by atoms with Gasteiger partial charge < -0.3 is 10.6 Å². The topological polar surface area (TPSA) is 44.4 Å². The number of likely N-dealkylation sites (tertiary alicyclic amines) is 1. The monoisotopic (exact) mass is 273 g/mol. The van der Waals surface area contributed by atoms with Crippen molar-refractivity contribution in [1.82, 2.24) is 15.5 Å². The van der Waals surface area contributed by atoms with Crippen molar-refractivity contribution in [2.45, 2.75) is 19.3 Å². The van der Waals surface area contributed by atoms with E-state index in [4.69, 9.17) is 0 Å². The Kier molecular flexibility index (Phi) is 4.87. The first kappa shape index (κ1) is 14.1. The zero-order chi connectivity index (χ0) is 11.7. The first-order chi connectivity index (χ1) is 8.31. The van der Waals surface area contributed by atoms with Gasteiger partial charge in [0.15, 0.2) is 0 Å². The van der Waals surface area contributed by atoms with Crippen LogP contribution in [-0.2, 0) is 4.79 Å². The first-order valence-corrected chi connectivity index (χ1v) is 7.01. The highest BCUT2D eigenvalue weighted by Gasteiger charge is 2.33. The van der Waals surface area contributed by atoms with Gasteiger partial charge in [-0.05, 0) is 56.7 Å². The number of hydrogen-bond donors (Lipinski definition) is 2. The average molecular weight is 274 g/mol. The van der Waals surface area contributed by atoms with Crippen LogP contribution in [0, 0.1) is 17.8 Å². The number of nitrogens with one attached hydrogen (secondary N) is 2. The van der Waals surface area contributed by atoms with Crippen molar-refractivity contribution in [3.8, 4) is 0 Å². The fourth-order valence-electron chi connectivity index (χ4n) is 3.09. The van der Waals surface area contributed by atoms with Crippen LogP contribution in [0.25, 0.3) is 0 Å². The Bertz CT molecular complexity index is 296. The van der Waals surface area contributed by atoms with Crippen molar-refractivity contribution in [2.24, 2.45) is 17.8 Å². The number of rotatable bonds is 4. The lowest BCUT2D eigenvalue weighted by atomic mass is 9.89. The zero-order valence-electron chi connectivity index (χ0n) is 10.9. The molecular formula is C13H24ClN3O. The SMILES string of the molecule is Cl.O=C(CN1CCC2CNCC2C1)NCC1CC1. The molecule has 104 valence electrons. The van der Waals surface area contributed by atoms with Crippen molar-refractivity contribution >= 4 is 18.3 Å². The Balaban J connectivity index is 0.00000120. The Morgan fingerprint density at radius 2 is 2.00 bits per heavy atom. The van der Waals surface area contributed by atoms with Gasteiger partial charge in [-0.1, -0.05) is 0 Å². The van der Waals surface area contributed by atoms with Crippen LogP contribution in [0.15, 0.2) is 0 Å². The molecule has 0 radical (unpaired) electrons. The maximum absolute atomic E-state index is 11.8. The molecule has 3 fully saturated rings. The van der Waals surface area contributed by atoms with Gasteiger partial charge in [-0.2, -0.15) is 0 Å². The summed E-state index contributed by atoms with van der Waals surface area (Å²) in [6.07, 6.45) is 3.87. The third-order valence-electron chi connectivity index (χ3n) is 4.44. The summed E-state index contributed by atoms with van der Waals surface area (Å²) in [7, 11) is 0. The molecular weight excluding hydrogens is 250 g/mol. The smallest absolute Gasteiger partial charge is 0.234 e. The number of fused-ring (bicyclic) bond motifs is 1. The molecule has 2 aliphatic heterocycles. The molecule has 0 spiro atoms. The van der Waals surface area contributed by atoms with Crippen molar-refractivity contribution in [1.29, 1.82) is 0 Å². The number of nitrogens with zero attached hydrogens (tertiary/aromatic N) is 1. The number of halogens is 1. The van der Waals surface area contributed by atoms with E-state index in [1.165, 1.54) is 25.8 Å². The molecule has 3 aliphatic rings. The van der Waals surface area contributed by atoms with E-state index in [9.17, 15) is 4.79 Å². The maximum atomic E-state index is 11.8. The maximum Gasteiger partial charge on any atom is 0.234 e. The lowest BCUT2D eigenvalue weighted by Crippen LogP contribution is -2.45.